The number of methoxy groups -OCH3 is 1. The van der Waals surface area contributed by atoms with E-state index in [-0.39, 0.29) is 18.8 Å². The van der Waals surface area contributed by atoms with Crippen molar-refractivity contribution in [3.8, 4) is 5.75 Å². The molecule has 0 bridgehead atoms. The molecule has 0 aromatic heterocycles. The van der Waals surface area contributed by atoms with Crippen molar-refractivity contribution < 1.29 is 57.5 Å². The Kier molecular flexibility index (Phi) is 17.7. The van der Waals surface area contributed by atoms with Crippen molar-refractivity contribution in [2.24, 2.45) is 11.8 Å². The van der Waals surface area contributed by atoms with Crippen LogP contribution in [-0.2, 0) is 55.9 Å². The molecule has 5 N–H and O–H groups in total. The van der Waals surface area contributed by atoms with Gasteiger partial charge in [-0.05, 0) is 90.0 Å². The summed E-state index contributed by atoms with van der Waals surface area (Å²) in [5, 5.41) is 21.1. The van der Waals surface area contributed by atoms with Crippen LogP contribution < -0.4 is 26.0 Å². The second kappa shape index (κ2) is 22.2. The molecule has 0 radical (unpaired) electrons. The molecule has 2 aromatic rings. The molecular weight excluding hydrogens is 789 g/mol. The highest BCUT2D eigenvalue weighted by atomic mass is 16.8. The number of allylic oxidation sites excluding steroid dienone is 1. The summed E-state index contributed by atoms with van der Waals surface area (Å²) in [7, 11) is 1.62. The topological polar surface area (TPSA) is 209 Å². The molecule has 2 fully saturated rings. The molecule has 8 atom stereocenters. The van der Waals surface area contributed by atoms with E-state index in [1.807, 2.05) is 42.5 Å². The lowest BCUT2D eigenvalue weighted by Crippen LogP contribution is -2.60. The Hall–Kier alpha value is -5.03. The number of alkyl carbamates (subject to hydrolysis) is 1. The molecule has 4 rings (SSSR count). The number of carbonyl (C=O) groups is 5. The number of ether oxygens (including phenoxy) is 6. The van der Waals surface area contributed by atoms with E-state index in [0.717, 1.165) is 23.3 Å². The molecule has 0 saturated carbocycles. The number of rotatable bonds is 21. The van der Waals surface area contributed by atoms with Crippen LogP contribution in [0.1, 0.15) is 85.8 Å². The van der Waals surface area contributed by atoms with E-state index in [0.29, 0.717) is 19.6 Å². The van der Waals surface area contributed by atoms with Crippen molar-refractivity contribution in [1.29, 1.82) is 0 Å². The van der Waals surface area contributed by atoms with Crippen molar-refractivity contribution in [1.82, 2.24) is 21.3 Å². The van der Waals surface area contributed by atoms with Gasteiger partial charge in [0.05, 0.1) is 25.7 Å². The van der Waals surface area contributed by atoms with Crippen LogP contribution in [0, 0.1) is 11.8 Å². The third-order valence-corrected chi connectivity index (χ3v) is 10.1. The number of benzene rings is 2. The zero-order chi connectivity index (χ0) is 44.9. The van der Waals surface area contributed by atoms with Gasteiger partial charge in [0.15, 0.2) is 18.2 Å². The number of nitrogens with one attached hydrogen (secondary N) is 4. The standard InChI is InChI=1S/C45H64N4O12/c1-27(2)34(49-43(55)61-44(4,5)6)39(51)48-35-36(58-42-37(35)59-45(7,8)60-42)40(52)47-33(25-29-17-13-12-14-18-29)38(50)46-32(28(3)41(53)54)19-15-10-11-16-24-57-26-30-20-22-31(56-9)23-21-30/h10,12-15,17-18,20-23,27-28,32-37,42H,11,16,19,24-26H2,1-9H3,(H,46,50)(H,47,52)(H,48,51)(H,49,55)(H,53,54)/b15-10-/t28-,32+,33+,34+,35-,36-,37+,42+/m0/s1. The van der Waals surface area contributed by atoms with E-state index < -0.39 is 89.8 Å². The summed E-state index contributed by atoms with van der Waals surface area (Å²) in [6.45, 7) is 14.5. The number of carbonyl (C=O) groups excluding carboxylic acids is 4. The fourth-order valence-corrected chi connectivity index (χ4v) is 6.85. The second-order valence-electron chi connectivity index (χ2n) is 17.2. The van der Waals surface area contributed by atoms with Crippen molar-refractivity contribution in [3.05, 3.63) is 77.9 Å². The SMILES string of the molecule is COc1ccc(COCCC/C=C\C[C@@H](NC(=O)[C@@H](Cc2ccccc2)NC(=O)[C@H]2O[C@@H]3OC(C)(C)O[C@@H]3[C@H]2NC(=O)[C@H](NC(=O)OC(C)(C)C)C(C)C)[C@H](C)C(=O)O)cc1. The van der Waals surface area contributed by atoms with Gasteiger partial charge in [-0.15, -0.1) is 0 Å². The second-order valence-corrected chi connectivity index (χ2v) is 17.2. The molecule has 2 aromatic carbocycles. The first-order valence-corrected chi connectivity index (χ1v) is 20.8. The zero-order valence-corrected chi connectivity index (χ0v) is 36.7. The summed E-state index contributed by atoms with van der Waals surface area (Å²) in [5.74, 6) is -4.72. The Morgan fingerprint density at radius 1 is 0.885 bits per heavy atom. The maximum Gasteiger partial charge on any atom is 0.408 e. The van der Waals surface area contributed by atoms with Gasteiger partial charge in [0, 0.05) is 19.1 Å². The van der Waals surface area contributed by atoms with Crippen molar-refractivity contribution in [2.75, 3.05) is 13.7 Å². The normalized spacial score (nSPS) is 21.5. The lowest BCUT2D eigenvalue weighted by atomic mass is 9.97. The maximum absolute atomic E-state index is 14.2. The van der Waals surface area contributed by atoms with Gasteiger partial charge < -0.3 is 54.8 Å². The average Bonchev–Trinajstić information content (AvgIpc) is 3.67. The van der Waals surface area contributed by atoms with Crippen LogP contribution in [0.15, 0.2) is 66.7 Å². The Morgan fingerprint density at radius 2 is 1.57 bits per heavy atom. The van der Waals surface area contributed by atoms with Crippen LogP contribution in [0.3, 0.4) is 0 Å². The highest BCUT2D eigenvalue weighted by Crippen LogP contribution is 2.38. The molecule has 2 aliphatic heterocycles. The van der Waals surface area contributed by atoms with Crippen LogP contribution in [0.2, 0.25) is 0 Å². The Bertz CT molecular complexity index is 1800. The van der Waals surface area contributed by atoms with Crippen LogP contribution in [-0.4, -0.2) is 103 Å². The molecule has 2 saturated heterocycles. The molecule has 0 unspecified atom stereocenters. The van der Waals surface area contributed by atoms with Gasteiger partial charge >= 0.3 is 12.1 Å². The fraction of sp³-hybridized carbons (Fsp3) is 0.578. The largest absolute Gasteiger partial charge is 0.497 e. The quantitative estimate of drug-likeness (QED) is 0.0850. The molecule has 2 aliphatic rings. The van der Waals surface area contributed by atoms with Gasteiger partial charge in [-0.1, -0.05) is 68.5 Å². The summed E-state index contributed by atoms with van der Waals surface area (Å²) < 4.78 is 34.5. The number of fused-ring (bicyclic) bond motifs is 1. The molecule has 2 heterocycles. The summed E-state index contributed by atoms with van der Waals surface area (Å²) in [6.07, 6.45) is 1.33. The molecule has 61 heavy (non-hydrogen) atoms. The van der Waals surface area contributed by atoms with Crippen LogP contribution in [0.25, 0.3) is 0 Å². The predicted octanol–water partition coefficient (Wildman–Crippen LogP) is 4.78. The summed E-state index contributed by atoms with van der Waals surface area (Å²) in [5.41, 5.74) is 0.953. The summed E-state index contributed by atoms with van der Waals surface area (Å²) >= 11 is 0. The lowest BCUT2D eigenvalue weighted by Gasteiger charge is -2.30. The number of amides is 4. The molecule has 336 valence electrons. The number of unbranched alkanes of at least 4 members (excludes halogenated alkanes) is 1. The minimum absolute atomic E-state index is 0.0603. The number of hydrogen-bond acceptors (Lipinski definition) is 11. The van der Waals surface area contributed by atoms with Crippen molar-refractivity contribution in [3.63, 3.8) is 0 Å². The van der Waals surface area contributed by atoms with E-state index in [4.69, 9.17) is 28.4 Å². The first-order valence-electron chi connectivity index (χ1n) is 20.8. The number of hydrogen-bond donors (Lipinski definition) is 5. The zero-order valence-electron chi connectivity index (χ0n) is 36.7. The smallest absolute Gasteiger partial charge is 0.408 e. The van der Waals surface area contributed by atoms with Gasteiger partial charge in [0.1, 0.15) is 29.5 Å². The Morgan fingerprint density at radius 3 is 2.20 bits per heavy atom. The highest BCUT2D eigenvalue weighted by molar-refractivity contribution is 5.92. The minimum atomic E-state index is -1.38. The van der Waals surface area contributed by atoms with Gasteiger partial charge in [0.2, 0.25) is 11.8 Å². The third-order valence-electron chi connectivity index (χ3n) is 10.1. The lowest BCUT2D eigenvalue weighted by molar-refractivity contribution is -0.208. The van der Waals surface area contributed by atoms with E-state index >= 15 is 0 Å². The molecule has 0 spiro atoms. The van der Waals surface area contributed by atoms with Crippen LogP contribution >= 0.6 is 0 Å². The molecular formula is C45H64N4O12. The Labute approximate surface area is 358 Å². The predicted molar refractivity (Wildman–Crippen MR) is 225 cm³/mol. The van der Waals surface area contributed by atoms with Gasteiger partial charge in [-0.3, -0.25) is 19.2 Å². The molecule has 4 amide bonds. The molecule has 16 heteroatoms. The van der Waals surface area contributed by atoms with Gasteiger partial charge in [-0.2, -0.15) is 0 Å². The average molecular weight is 853 g/mol. The number of aliphatic carboxylic acids is 1. The summed E-state index contributed by atoms with van der Waals surface area (Å²) in [6, 6.07) is 12.5. The third kappa shape index (κ3) is 15.1. The van der Waals surface area contributed by atoms with Crippen LogP contribution in [0.4, 0.5) is 4.79 Å². The fourth-order valence-electron chi connectivity index (χ4n) is 6.85. The van der Waals surface area contributed by atoms with Gasteiger partial charge in [0.25, 0.3) is 5.91 Å². The number of carboxylic acids is 1. The molecule has 0 aliphatic carbocycles. The Balaban J connectivity index is 1.46. The van der Waals surface area contributed by atoms with E-state index in [1.54, 1.807) is 79.8 Å². The van der Waals surface area contributed by atoms with E-state index in [1.165, 1.54) is 6.92 Å². The highest BCUT2D eigenvalue weighted by Gasteiger charge is 2.58. The minimum Gasteiger partial charge on any atom is -0.497 e. The van der Waals surface area contributed by atoms with Crippen LogP contribution in [0.5, 0.6) is 5.75 Å². The van der Waals surface area contributed by atoms with Crippen molar-refractivity contribution in [2.45, 2.75) is 142 Å². The van der Waals surface area contributed by atoms with Gasteiger partial charge in [-0.25, -0.2) is 4.79 Å². The van der Waals surface area contributed by atoms with E-state index in [9.17, 15) is 29.1 Å². The summed E-state index contributed by atoms with van der Waals surface area (Å²) in [4.78, 5) is 67.1. The molecule has 16 nitrogen and oxygen atoms in total. The first kappa shape index (κ1) is 48.6. The first-order chi connectivity index (χ1) is 28.8. The van der Waals surface area contributed by atoms with E-state index in [2.05, 4.69) is 21.3 Å². The number of carboxylic acid groups (broad SMARTS) is 1. The monoisotopic (exact) mass is 852 g/mol. The van der Waals surface area contributed by atoms with Crippen molar-refractivity contribution >= 4 is 29.8 Å². The maximum atomic E-state index is 14.2.